The van der Waals surface area contributed by atoms with Crippen molar-refractivity contribution in [3.8, 4) is 5.75 Å². The van der Waals surface area contributed by atoms with Gasteiger partial charge in [0.2, 0.25) is 0 Å². The van der Waals surface area contributed by atoms with Crippen molar-refractivity contribution in [3.63, 3.8) is 0 Å². The highest BCUT2D eigenvalue weighted by atomic mass is 32.2. The highest BCUT2D eigenvalue weighted by Crippen LogP contribution is 2.34. The Morgan fingerprint density at radius 1 is 1.47 bits per heavy atom. The summed E-state index contributed by atoms with van der Waals surface area (Å²) in [5.41, 5.74) is 0.957. The minimum atomic E-state index is 0.412. The fraction of sp³-hybridized carbons (Fsp3) is 0.417. The lowest BCUT2D eigenvalue weighted by atomic mass is 10.1. The van der Waals surface area contributed by atoms with Crippen molar-refractivity contribution in [1.29, 1.82) is 0 Å². The predicted octanol–water partition coefficient (Wildman–Crippen LogP) is 2.94. The molecule has 82 valence electrons. The first-order valence-electron chi connectivity index (χ1n) is 4.95. The van der Waals surface area contributed by atoms with Gasteiger partial charge >= 0.3 is 0 Å². The van der Waals surface area contributed by atoms with Crippen LogP contribution in [0.25, 0.3) is 0 Å². The first kappa shape index (κ1) is 12.1. The van der Waals surface area contributed by atoms with Crippen molar-refractivity contribution in [3.05, 3.63) is 23.8 Å². The van der Waals surface area contributed by atoms with Crippen molar-refractivity contribution in [2.45, 2.75) is 30.4 Å². The molecule has 0 amide bonds. The summed E-state index contributed by atoms with van der Waals surface area (Å²) in [7, 11) is 1.65. The van der Waals surface area contributed by atoms with E-state index in [9.17, 15) is 4.79 Å². The SMILES string of the molecule is COc1c(CC=O)cccc1SC(C)C. The largest absolute Gasteiger partial charge is 0.495 e. The van der Waals surface area contributed by atoms with Crippen LogP contribution in [0.1, 0.15) is 19.4 Å². The number of hydrogen-bond acceptors (Lipinski definition) is 3. The molecule has 0 saturated heterocycles. The van der Waals surface area contributed by atoms with Crippen LogP contribution < -0.4 is 4.74 Å². The molecule has 1 aromatic carbocycles. The molecule has 0 N–H and O–H groups in total. The van der Waals surface area contributed by atoms with Crippen LogP contribution in [-0.2, 0) is 11.2 Å². The molecule has 0 saturated carbocycles. The second-order valence-corrected chi connectivity index (χ2v) is 5.10. The third-order valence-corrected chi connectivity index (χ3v) is 2.98. The second kappa shape index (κ2) is 5.81. The maximum absolute atomic E-state index is 10.5. The molecule has 0 atom stereocenters. The molecular weight excluding hydrogens is 208 g/mol. The second-order valence-electron chi connectivity index (χ2n) is 3.49. The summed E-state index contributed by atoms with van der Waals surface area (Å²) in [6.45, 7) is 4.27. The summed E-state index contributed by atoms with van der Waals surface area (Å²) in [5, 5.41) is 0.505. The van der Waals surface area contributed by atoms with Crippen LogP contribution in [-0.4, -0.2) is 18.6 Å². The van der Waals surface area contributed by atoms with E-state index in [1.165, 1.54) is 0 Å². The molecule has 0 unspecified atom stereocenters. The number of carbonyl (C=O) groups is 1. The number of para-hydroxylation sites is 1. The van der Waals surface area contributed by atoms with Gasteiger partial charge in [0.25, 0.3) is 0 Å². The molecule has 0 aliphatic heterocycles. The Labute approximate surface area is 95.0 Å². The molecule has 0 fully saturated rings. The zero-order chi connectivity index (χ0) is 11.3. The van der Waals surface area contributed by atoms with E-state index in [4.69, 9.17) is 4.74 Å². The Bertz CT molecular complexity index is 334. The molecular formula is C12H16O2S. The maximum Gasteiger partial charge on any atom is 0.136 e. The lowest BCUT2D eigenvalue weighted by molar-refractivity contribution is -0.107. The monoisotopic (exact) mass is 224 g/mol. The zero-order valence-corrected chi connectivity index (χ0v) is 10.1. The van der Waals surface area contributed by atoms with Gasteiger partial charge in [-0.3, -0.25) is 0 Å². The fourth-order valence-corrected chi connectivity index (χ4v) is 2.38. The van der Waals surface area contributed by atoms with E-state index < -0.39 is 0 Å². The summed E-state index contributed by atoms with van der Waals surface area (Å²) in [4.78, 5) is 11.6. The van der Waals surface area contributed by atoms with Crippen molar-refractivity contribution >= 4 is 18.0 Å². The topological polar surface area (TPSA) is 26.3 Å². The minimum Gasteiger partial charge on any atom is -0.495 e. The van der Waals surface area contributed by atoms with Crippen molar-refractivity contribution in [2.24, 2.45) is 0 Å². The molecule has 2 nitrogen and oxygen atoms in total. The van der Waals surface area contributed by atoms with E-state index in [1.54, 1.807) is 18.9 Å². The smallest absolute Gasteiger partial charge is 0.136 e. The van der Waals surface area contributed by atoms with E-state index in [1.807, 2.05) is 18.2 Å². The molecule has 1 rings (SSSR count). The highest BCUT2D eigenvalue weighted by Gasteiger charge is 2.10. The fourth-order valence-electron chi connectivity index (χ4n) is 1.39. The summed E-state index contributed by atoms with van der Waals surface area (Å²) in [6.07, 6.45) is 1.32. The summed E-state index contributed by atoms with van der Waals surface area (Å²) >= 11 is 1.75. The van der Waals surface area contributed by atoms with Gasteiger partial charge in [0, 0.05) is 22.1 Å². The van der Waals surface area contributed by atoms with E-state index >= 15 is 0 Å². The third kappa shape index (κ3) is 3.27. The van der Waals surface area contributed by atoms with E-state index in [2.05, 4.69) is 13.8 Å². The van der Waals surface area contributed by atoms with Gasteiger partial charge in [-0.05, 0) is 6.07 Å². The average molecular weight is 224 g/mol. The lowest BCUT2D eigenvalue weighted by Gasteiger charge is -2.13. The minimum absolute atomic E-state index is 0.412. The van der Waals surface area contributed by atoms with Crippen LogP contribution in [0.5, 0.6) is 5.75 Å². The number of ether oxygens (including phenoxy) is 1. The number of benzene rings is 1. The van der Waals surface area contributed by atoms with Crippen molar-refractivity contribution < 1.29 is 9.53 Å². The molecule has 0 bridgehead atoms. The number of hydrogen-bond donors (Lipinski definition) is 0. The molecule has 0 aliphatic rings. The number of rotatable bonds is 5. The van der Waals surface area contributed by atoms with Gasteiger partial charge in [-0.15, -0.1) is 11.8 Å². The van der Waals surface area contributed by atoms with Gasteiger partial charge in [-0.25, -0.2) is 0 Å². The van der Waals surface area contributed by atoms with E-state index in [-0.39, 0.29) is 0 Å². The van der Waals surface area contributed by atoms with Gasteiger partial charge in [0.15, 0.2) is 0 Å². The van der Waals surface area contributed by atoms with E-state index in [0.717, 1.165) is 22.5 Å². The van der Waals surface area contributed by atoms with Crippen LogP contribution in [0.15, 0.2) is 23.1 Å². The third-order valence-electron chi connectivity index (χ3n) is 1.93. The van der Waals surface area contributed by atoms with Gasteiger partial charge in [0.05, 0.1) is 7.11 Å². The Hall–Kier alpha value is -0.960. The Morgan fingerprint density at radius 2 is 2.20 bits per heavy atom. The molecule has 0 aromatic heterocycles. The quantitative estimate of drug-likeness (QED) is 0.568. The Kier molecular flexibility index (Phi) is 4.69. The summed E-state index contributed by atoms with van der Waals surface area (Å²) < 4.78 is 5.35. The molecule has 1 aromatic rings. The molecule has 3 heteroatoms. The van der Waals surface area contributed by atoms with E-state index in [0.29, 0.717) is 11.7 Å². The molecule has 0 spiro atoms. The van der Waals surface area contributed by atoms with Crippen molar-refractivity contribution in [1.82, 2.24) is 0 Å². The Morgan fingerprint density at radius 3 is 2.73 bits per heavy atom. The molecule has 0 aliphatic carbocycles. The zero-order valence-electron chi connectivity index (χ0n) is 9.32. The number of methoxy groups -OCH3 is 1. The predicted molar refractivity (Wildman–Crippen MR) is 63.8 cm³/mol. The summed E-state index contributed by atoms with van der Waals surface area (Å²) in [5.74, 6) is 0.836. The van der Waals surface area contributed by atoms with Crippen LogP contribution >= 0.6 is 11.8 Å². The highest BCUT2D eigenvalue weighted by molar-refractivity contribution is 8.00. The Balaban J connectivity index is 3.03. The van der Waals surface area contributed by atoms with Gasteiger partial charge in [-0.2, -0.15) is 0 Å². The van der Waals surface area contributed by atoms with Crippen LogP contribution in [0.2, 0.25) is 0 Å². The molecule has 0 heterocycles. The first-order chi connectivity index (χ1) is 7.19. The maximum atomic E-state index is 10.5. The number of aldehydes is 1. The molecule has 0 radical (unpaired) electrons. The number of thioether (sulfide) groups is 1. The van der Waals surface area contributed by atoms with Crippen LogP contribution in [0.3, 0.4) is 0 Å². The van der Waals surface area contributed by atoms with Gasteiger partial charge < -0.3 is 9.53 Å². The van der Waals surface area contributed by atoms with Crippen LogP contribution in [0, 0.1) is 0 Å². The standard InChI is InChI=1S/C12H16O2S/c1-9(2)15-11-6-4-5-10(7-8-13)12(11)14-3/h4-6,8-9H,7H2,1-3H3. The first-order valence-corrected chi connectivity index (χ1v) is 5.83. The van der Waals surface area contributed by atoms with Crippen molar-refractivity contribution in [2.75, 3.05) is 7.11 Å². The normalized spacial score (nSPS) is 10.4. The van der Waals surface area contributed by atoms with Gasteiger partial charge in [-0.1, -0.05) is 26.0 Å². The lowest BCUT2D eigenvalue weighted by Crippen LogP contribution is -1.96. The summed E-state index contributed by atoms with van der Waals surface area (Å²) in [6, 6.07) is 5.92. The molecule has 15 heavy (non-hydrogen) atoms. The number of carbonyl (C=O) groups excluding carboxylic acids is 1. The van der Waals surface area contributed by atoms with Gasteiger partial charge in [0.1, 0.15) is 12.0 Å². The average Bonchev–Trinajstić information content (AvgIpc) is 2.18. The van der Waals surface area contributed by atoms with Crippen LogP contribution in [0.4, 0.5) is 0 Å².